The van der Waals surface area contributed by atoms with Gasteiger partial charge in [-0.15, -0.1) is 0 Å². The molecule has 0 spiro atoms. The average molecular weight is 241 g/mol. The Balaban J connectivity index is 2.03. The lowest BCUT2D eigenvalue weighted by atomic mass is 10.3. The third kappa shape index (κ3) is 1.77. The summed E-state index contributed by atoms with van der Waals surface area (Å²) in [6.45, 7) is 0. The molecule has 3 heterocycles. The maximum absolute atomic E-state index is 9.63. The molecule has 7 heteroatoms. The summed E-state index contributed by atoms with van der Waals surface area (Å²) in [5, 5.41) is 13.4. The first-order valence-corrected chi connectivity index (χ1v) is 5.09. The highest BCUT2D eigenvalue weighted by atomic mass is 16.5. The topological polar surface area (TPSA) is 97.8 Å². The summed E-state index contributed by atoms with van der Waals surface area (Å²) in [5.74, 6) is 0.439. The lowest BCUT2D eigenvalue weighted by molar-refractivity contribution is 0.423. The Kier molecular flexibility index (Phi) is 2.41. The summed E-state index contributed by atoms with van der Waals surface area (Å²) in [4.78, 5) is 15.9. The summed E-state index contributed by atoms with van der Waals surface area (Å²) in [7, 11) is 0. The summed E-state index contributed by atoms with van der Waals surface area (Å²) in [6, 6.07) is 4.77. The van der Waals surface area contributed by atoms with Crippen LogP contribution >= 0.6 is 0 Å². The van der Waals surface area contributed by atoms with Crippen molar-refractivity contribution in [2.24, 2.45) is 0 Å². The Hall–Kier alpha value is -2.83. The van der Waals surface area contributed by atoms with E-state index < -0.39 is 0 Å². The van der Waals surface area contributed by atoms with Crippen LogP contribution < -0.4 is 0 Å². The Labute approximate surface area is 101 Å². The summed E-state index contributed by atoms with van der Waals surface area (Å²) < 4.78 is 5.04. The van der Waals surface area contributed by atoms with E-state index in [1.54, 1.807) is 18.3 Å². The summed E-state index contributed by atoms with van der Waals surface area (Å²) in [5.41, 5.74) is 0.778. The zero-order valence-corrected chi connectivity index (χ0v) is 9.06. The molecule has 3 aromatic rings. The minimum Gasteiger partial charge on any atom is -0.505 e. The van der Waals surface area contributed by atoms with E-state index >= 15 is 0 Å². The third-order valence-corrected chi connectivity index (χ3v) is 2.23. The van der Waals surface area contributed by atoms with Crippen molar-refractivity contribution in [3.63, 3.8) is 0 Å². The quantitative estimate of drug-likeness (QED) is 0.721. The van der Waals surface area contributed by atoms with Gasteiger partial charge in [0.15, 0.2) is 5.69 Å². The van der Waals surface area contributed by atoms with Crippen LogP contribution in [0, 0.1) is 0 Å². The minimum absolute atomic E-state index is 0.0182. The van der Waals surface area contributed by atoms with Gasteiger partial charge in [0.1, 0.15) is 17.8 Å². The van der Waals surface area contributed by atoms with Gasteiger partial charge in [0.2, 0.25) is 5.82 Å². The number of aromatic hydroxyl groups is 1. The lowest BCUT2D eigenvalue weighted by Gasteiger charge is -1.95. The summed E-state index contributed by atoms with van der Waals surface area (Å²) in [6.07, 6.45) is 4.50. The highest BCUT2D eigenvalue weighted by Crippen LogP contribution is 2.25. The van der Waals surface area contributed by atoms with Crippen molar-refractivity contribution in [3.8, 4) is 28.9 Å². The van der Waals surface area contributed by atoms with Crippen molar-refractivity contribution >= 4 is 0 Å². The van der Waals surface area contributed by atoms with Crippen LogP contribution in [-0.4, -0.2) is 30.2 Å². The van der Waals surface area contributed by atoms with E-state index in [0.29, 0.717) is 11.5 Å². The molecule has 0 aliphatic rings. The largest absolute Gasteiger partial charge is 0.505 e. The molecular formula is C11H7N5O2. The van der Waals surface area contributed by atoms with E-state index in [-0.39, 0.29) is 17.3 Å². The van der Waals surface area contributed by atoms with E-state index in [0.717, 1.165) is 0 Å². The second kappa shape index (κ2) is 4.21. The molecule has 0 aliphatic carbocycles. The molecule has 0 atom stereocenters. The Morgan fingerprint density at radius 1 is 1.11 bits per heavy atom. The van der Waals surface area contributed by atoms with Crippen LogP contribution in [0.25, 0.3) is 23.1 Å². The van der Waals surface area contributed by atoms with E-state index in [9.17, 15) is 5.11 Å². The van der Waals surface area contributed by atoms with Gasteiger partial charge in [-0.25, -0.2) is 15.0 Å². The molecule has 0 bridgehead atoms. The molecule has 3 aromatic heterocycles. The van der Waals surface area contributed by atoms with Crippen molar-refractivity contribution < 1.29 is 9.63 Å². The maximum atomic E-state index is 9.63. The number of nitrogens with zero attached hydrogens (tertiary/aromatic N) is 5. The van der Waals surface area contributed by atoms with Gasteiger partial charge in [-0.3, -0.25) is 0 Å². The zero-order valence-electron chi connectivity index (χ0n) is 9.06. The number of aromatic nitrogens is 5. The van der Waals surface area contributed by atoms with E-state index in [1.807, 2.05) is 0 Å². The molecule has 3 rings (SSSR count). The SMILES string of the molecule is Oc1cccnc1-c1nc(-c2ccncn2)no1. The first-order chi connectivity index (χ1) is 8.84. The normalized spacial score (nSPS) is 10.4. The Morgan fingerprint density at radius 3 is 2.83 bits per heavy atom. The number of hydrogen-bond acceptors (Lipinski definition) is 7. The van der Waals surface area contributed by atoms with Crippen LogP contribution in [0.4, 0.5) is 0 Å². The lowest BCUT2D eigenvalue weighted by Crippen LogP contribution is -1.87. The van der Waals surface area contributed by atoms with Crippen LogP contribution in [0.3, 0.4) is 0 Å². The molecule has 1 N–H and O–H groups in total. The van der Waals surface area contributed by atoms with Crippen molar-refractivity contribution in [2.75, 3.05) is 0 Å². The first kappa shape index (κ1) is 10.3. The molecule has 0 fully saturated rings. The maximum Gasteiger partial charge on any atom is 0.280 e. The van der Waals surface area contributed by atoms with Gasteiger partial charge in [-0.1, -0.05) is 5.16 Å². The molecule has 0 aliphatic heterocycles. The van der Waals surface area contributed by atoms with Gasteiger partial charge in [0, 0.05) is 12.4 Å². The van der Waals surface area contributed by atoms with Gasteiger partial charge < -0.3 is 9.63 Å². The first-order valence-electron chi connectivity index (χ1n) is 5.09. The fourth-order valence-corrected chi connectivity index (χ4v) is 1.41. The van der Waals surface area contributed by atoms with Gasteiger partial charge >= 0.3 is 0 Å². The van der Waals surface area contributed by atoms with Crippen LogP contribution in [-0.2, 0) is 0 Å². The predicted octanol–water partition coefficient (Wildman–Crippen LogP) is 1.29. The zero-order chi connectivity index (χ0) is 12.4. The van der Waals surface area contributed by atoms with Crippen LogP contribution in [0.2, 0.25) is 0 Å². The highest BCUT2D eigenvalue weighted by Gasteiger charge is 2.15. The molecule has 18 heavy (non-hydrogen) atoms. The molecule has 0 amide bonds. The van der Waals surface area contributed by atoms with Gasteiger partial charge in [-0.2, -0.15) is 4.98 Å². The average Bonchev–Trinajstić information content (AvgIpc) is 2.90. The van der Waals surface area contributed by atoms with E-state index in [4.69, 9.17) is 4.52 Å². The van der Waals surface area contributed by atoms with Crippen LogP contribution in [0.1, 0.15) is 0 Å². The molecule has 0 saturated carbocycles. The Bertz CT molecular complexity index is 668. The smallest absolute Gasteiger partial charge is 0.280 e. The second-order valence-corrected chi connectivity index (χ2v) is 3.39. The standard InChI is InChI=1S/C11H7N5O2/c17-8-2-1-4-13-9(8)11-15-10(16-18-11)7-3-5-12-6-14-7/h1-6,17H. The van der Waals surface area contributed by atoms with E-state index in [2.05, 4.69) is 25.1 Å². The fraction of sp³-hybridized carbons (Fsp3) is 0. The van der Waals surface area contributed by atoms with Crippen LogP contribution in [0.5, 0.6) is 5.75 Å². The number of hydrogen-bond donors (Lipinski definition) is 1. The molecule has 7 nitrogen and oxygen atoms in total. The number of pyridine rings is 1. The van der Waals surface area contributed by atoms with Gasteiger partial charge in [-0.05, 0) is 18.2 Å². The highest BCUT2D eigenvalue weighted by molar-refractivity contribution is 5.59. The van der Waals surface area contributed by atoms with Crippen molar-refractivity contribution in [1.29, 1.82) is 0 Å². The second-order valence-electron chi connectivity index (χ2n) is 3.39. The monoisotopic (exact) mass is 241 g/mol. The van der Waals surface area contributed by atoms with Gasteiger partial charge in [0.05, 0.1) is 0 Å². The molecule has 0 unspecified atom stereocenters. The van der Waals surface area contributed by atoms with Crippen molar-refractivity contribution in [1.82, 2.24) is 25.1 Å². The van der Waals surface area contributed by atoms with E-state index in [1.165, 1.54) is 18.6 Å². The van der Waals surface area contributed by atoms with Gasteiger partial charge in [0.25, 0.3) is 5.89 Å². The molecule has 0 aromatic carbocycles. The number of rotatable bonds is 2. The Morgan fingerprint density at radius 2 is 2.06 bits per heavy atom. The predicted molar refractivity (Wildman–Crippen MR) is 60.2 cm³/mol. The fourth-order valence-electron chi connectivity index (χ4n) is 1.41. The molecule has 88 valence electrons. The van der Waals surface area contributed by atoms with Crippen molar-refractivity contribution in [3.05, 3.63) is 36.9 Å². The molecule has 0 saturated heterocycles. The van der Waals surface area contributed by atoms with Crippen LogP contribution in [0.15, 0.2) is 41.4 Å². The summed E-state index contributed by atoms with van der Waals surface area (Å²) >= 11 is 0. The molecular weight excluding hydrogens is 234 g/mol. The van der Waals surface area contributed by atoms with Crippen molar-refractivity contribution in [2.45, 2.75) is 0 Å². The minimum atomic E-state index is -0.0182. The third-order valence-electron chi connectivity index (χ3n) is 2.23. The molecule has 0 radical (unpaired) electrons.